The minimum Gasteiger partial charge on any atom is -0.206 e. The molecular formula is C18H22ClF. The first kappa shape index (κ1) is 15.3. The third-order valence-corrected chi connectivity index (χ3v) is 4.26. The molecule has 1 unspecified atom stereocenters. The Morgan fingerprint density at radius 1 is 0.950 bits per heavy atom. The van der Waals surface area contributed by atoms with Crippen LogP contribution in [0.15, 0.2) is 36.4 Å². The van der Waals surface area contributed by atoms with Crippen LogP contribution in [0.1, 0.15) is 56.4 Å². The number of halogens is 2. The predicted octanol–water partition coefficient (Wildman–Crippen LogP) is 6.62. The number of hydrogen-bond donors (Lipinski definition) is 0. The van der Waals surface area contributed by atoms with Gasteiger partial charge in [-0.25, -0.2) is 4.39 Å². The monoisotopic (exact) mass is 292 g/mol. The Morgan fingerprint density at radius 3 is 2.40 bits per heavy atom. The van der Waals surface area contributed by atoms with E-state index in [1.165, 1.54) is 31.7 Å². The molecule has 0 aliphatic carbocycles. The third-order valence-electron chi connectivity index (χ3n) is 3.80. The molecule has 0 aliphatic heterocycles. The van der Waals surface area contributed by atoms with Crippen molar-refractivity contribution in [2.75, 3.05) is 0 Å². The van der Waals surface area contributed by atoms with Crippen LogP contribution in [0, 0.1) is 5.82 Å². The molecule has 2 rings (SSSR count). The fraction of sp³-hybridized carbons (Fsp3) is 0.444. The second-order valence-electron chi connectivity index (χ2n) is 5.35. The topological polar surface area (TPSA) is 0 Å². The van der Waals surface area contributed by atoms with Crippen molar-refractivity contribution in [2.24, 2.45) is 0 Å². The molecule has 0 heterocycles. The zero-order valence-electron chi connectivity index (χ0n) is 12.0. The zero-order valence-corrected chi connectivity index (χ0v) is 12.8. The second kappa shape index (κ2) is 7.64. The summed E-state index contributed by atoms with van der Waals surface area (Å²) in [5, 5.41) is 1.59. The first-order valence-electron chi connectivity index (χ1n) is 7.55. The molecule has 0 fully saturated rings. The van der Waals surface area contributed by atoms with E-state index in [1.807, 2.05) is 30.3 Å². The zero-order chi connectivity index (χ0) is 14.4. The SMILES string of the molecule is CCCCCCCC(Cl)c1ccc(F)c2ccccc12. The molecule has 20 heavy (non-hydrogen) atoms. The summed E-state index contributed by atoms with van der Waals surface area (Å²) in [6.45, 7) is 2.22. The minimum absolute atomic E-state index is 0.0258. The maximum atomic E-state index is 13.8. The van der Waals surface area contributed by atoms with E-state index in [0.717, 1.165) is 23.8 Å². The summed E-state index contributed by atoms with van der Waals surface area (Å²) in [4.78, 5) is 0. The quantitative estimate of drug-likeness (QED) is 0.397. The van der Waals surface area contributed by atoms with Crippen molar-refractivity contribution in [3.8, 4) is 0 Å². The Morgan fingerprint density at radius 2 is 1.65 bits per heavy atom. The fourth-order valence-electron chi connectivity index (χ4n) is 2.64. The van der Waals surface area contributed by atoms with Crippen LogP contribution in [0.25, 0.3) is 10.8 Å². The molecule has 0 N–H and O–H groups in total. The number of unbranched alkanes of at least 4 members (excludes halogenated alkanes) is 4. The average Bonchev–Trinajstić information content (AvgIpc) is 2.47. The molecule has 0 saturated heterocycles. The molecule has 108 valence electrons. The molecule has 2 aromatic rings. The van der Waals surface area contributed by atoms with Gasteiger partial charge in [0.1, 0.15) is 5.82 Å². The Bertz CT molecular complexity index is 550. The van der Waals surface area contributed by atoms with Crippen LogP contribution in [-0.2, 0) is 0 Å². The molecule has 2 aromatic carbocycles. The Hall–Kier alpha value is -1.08. The highest BCUT2D eigenvalue weighted by Crippen LogP contribution is 2.33. The first-order chi connectivity index (χ1) is 9.74. The van der Waals surface area contributed by atoms with E-state index >= 15 is 0 Å². The lowest BCUT2D eigenvalue weighted by Gasteiger charge is -2.13. The number of hydrogen-bond acceptors (Lipinski definition) is 0. The summed E-state index contributed by atoms with van der Waals surface area (Å²) in [7, 11) is 0. The van der Waals surface area contributed by atoms with Crippen LogP contribution < -0.4 is 0 Å². The highest BCUT2D eigenvalue weighted by Gasteiger charge is 2.13. The van der Waals surface area contributed by atoms with E-state index in [1.54, 1.807) is 0 Å². The summed E-state index contributed by atoms with van der Waals surface area (Å²) < 4.78 is 13.8. The van der Waals surface area contributed by atoms with Crippen molar-refractivity contribution in [1.82, 2.24) is 0 Å². The predicted molar refractivity (Wildman–Crippen MR) is 85.9 cm³/mol. The van der Waals surface area contributed by atoms with Crippen molar-refractivity contribution in [1.29, 1.82) is 0 Å². The summed E-state index contributed by atoms with van der Waals surface area (Å²) in [6.07, 6.45) is 7.17. The highest BCUT2D eigenvalue weighted by atomic mass is 35.5. The lowest BCUT2D eigenvalue weighted by molar-refractivity contribution is 0.601. The number of rotatable bonds is 7. The summed E-state index contributed by atoms with van der Waals surface area (Å²) in [5.74, 6) is -0.170. The highest BCUT2D eigenvalue weighted by molar-refractivity contribution is 6.21. The largest absolute Gasteiger partial charge is 0.206 e. The fourth-order valence-corrected chi connectivity index (χ4v) is 2.99. The lowest BCUT2D eigenvalue weighted by atomic mass is 9.98. The van der Waals surface area contributed by atoms with Gasteiger partial charge in [0.15, 0.2) is 0 Å². The number of alkyl halides is 1. The summed E-state index contributed by atoms with van der Waals surface area (Å²) in [5.41, 5.74) is 1.05. The van der Waals surface area contributed by atoms with Gasteiger partial charge in [-0.2, -0.15) is 0 Å². The van der Waals surface area contributed by atoms with E-state index in [9.17, 15) is 4.39 Å². The van der Waals surface area contributed by atoms with Crippen LogP contribution >= 0.6 is 11.6 Å². The average molecular weight is 293 g/mol. The van der Waals surface area contributed by atoms with Crippen molar-refractivity contribution in [3.63, 3.8) is 0 Å². The van der Waals surface area contributed by atoms with Gasteiger partial charge in [0, 0.05) is 5.39 Å². The van der Waals surface area contributed by atoms with E-state index in [-0.39, 0.29) is 11.2 Å². The molecule has 0 bridgehead atoms. The van der Waals surface area contributed by atoms with Gasteiger partial charge >= 0.3 is 0 Å². The first-order valence-corrected chi connectivity index (χ1v) is 7.99. The molecule has 0 amide bonds. The van der Waals surface area contributed by atoms with Crippen LogP contribution in [-0.4, -0.2) is 0 Å². The lowest BCUT2D eigenvalue weighted by Crippen LogP contribution is -1.94. The van der Waals surface area contributed by atoms with Crippen molar-refractivity contribution in [2.45, 2.75) is 50.8 Å². The molecular weight excluding hydrogens is 271 g/mol. The van der Waals surface area contributed by atoms with E-state index in [2.05, 4.69) is 6.92 Å². The normalized spacial score (nSPS) is 12.8. The van der Waals surface area contributed by atoms with Gasteiger partial charge < -0.3 is 0 Å². The second-order valence-corrected chi connectivity index (χ2v) is 5.88. The van der Waals surface area contributed by atoms with E-state index < -0.39 is 0 Å². The van der Waals surface area contributed by atoms with Crippen LogP contribution in [0.3, 0.4) is 0 Å². The van der Waals surface area contributed by atoms with Crippen LogP contribution in [0.2, 0.25) is 0 Å². The maximum Gasteiger partial charge on any atom is 0.131 e. The standard InChI is InChI=1S/C18H22ClF/c1-2-3-4-5-6-11-17(19)15-12-13-18(20)16-10-8-7-9-14(15)16/h7-10,12-13,17H,2-6,11H2,1H3. The Kier molecular flexibility index (Phi) is 5.85. The smallest absolute Gasteiger partial charge is 0.131 e. The van der Waals surface area contributed by atoms with Gasteiger partial charge in [-0.05, 0) is 23.4 Å². The van der Waals surface area contributed by atoms with Crippen molar-refractivity contribution >= 4 is 22.4 Å². The maximum absolute atomic E-state index is 13.8. The summed E-state index contributed by atoms with van der Waals surface area (Å²) in [6, 6.07) is 10.9. The van der Waals surface area contributed by atoms with Crippen molar-refractivity contribution < 1.29 is 4.39 Å². The molecule has 0 saturated carbocycles. The van der Waals surface area contributed by atoms with E-state index in [0.29, 0.717) is 5.39 Å². The van der Waals surface area contributed by atoms with Gasteiger partial charge in [-0.1, -0.05) is 69.4 Å². The molecule has 0 radical (unpaired) electrons. The van der Waals surface area contributed by atoms with Gasteiger partial charge in [0.05, 0.1) is 5.38 Å². The number of benzene rings is 2. The van der Waals surface area contributed by atoms with E-state index in [4.69, 9.17) is 11.6 Å². The van der Waals surface area contributed by atoms with Gasteiger partial charge in [-0.3, -0.25) is 0 Å². The molecule has 0 nitrogen and oxygen atoms in total. The Balaban J connectivity index is 2.06. The third kappa shape index (κ3) is 3.73. The molecule has 0 aliphatic rings. The Labute approximate surface area is 126 Å². The van der Waals surface area contributed by atoms with Crippen LogP contribution in [0.5, 0.6) is 0 Å². The molecule has 1 atom stereocenters. The van der Waals surface area contributed by atoms with Gasteiger partial charge in [0.25, 0.3) is 0 Å². The van der Waals surface area contributed by atoms with Gasteiger partial charge in [0.2, 0.25) is 0 Å². The summed E-state index contributed by atoms with van der Waals surface area (Å²) >= 11 is 6.53. The number of fused-ring (bicyclic) bond motifs is 1. The molecule has 0 spiro atoms. The molecule has 0 aromatic heterocycles. The van der Waals surface area contributed by atoms with Gasteiger partial charge in [-0.15, -0.1) is 11.6 Å². The van der Waals surface area contributed by atoms with Crippen LogP contribution in [0.4, 0.5) is 4.39 Å². The van der Waals surface area contributed by atoms with Crippen molar-refractivity contribution in [3.05, 3.63) is 47.8 Å². The minimum atomic E-state index is -0.170. The molecule has 2 heteroatoms.